The maximum absolute atomic E-state index is 11.0. The van der Waals surface area contributed by atoms with Crippen LogP contribution in [0.25, 0.3) is 17.2 Å². The van der Waals surface area contributed by atoms with E-state index in [1.807, 2.05) is 29.9 Å². The van der Waals surface area contributed by atoms with Gasteiger partial charge in [-0.1, -0.05) is 0 Å². The van der Waals surface area contributed by atoms with Crippen molar-refractivity contribution in [2.45, 2.75) is 20.3 Å². The minimum absolute atomic E-state index is 0.172. The molecule has 0 aliphatic carbocycles. The molecule has 0 radical (unpaired) electrons. The van der Waals surface area contributed by atoms with Crippen LogP contribution < -0.4 is 5.73 Å². The van der Waals surface area contributed by atoms with Crippen LogP contribution in [0.1, 0.15) is 16.4 Å². The van der Waals surface area contributed by atoms with Crippen LogP contribution in [0.15, 0.2) is 17.8 Å². The number of amides is 1. The lowest BCUT2D eigenvalue weighted by Gasteiger charge is -2.04. The number of carbonyl (C=O) groups excluding carboxylic acids is 1. The number of nitrogens with two attached hydrogens (primary N) is 1. The minimum Gasteiger partial charge on any atom is -0.369 e. The van der Waals surface area contributed by atoms with Gasteiger partial charge < -0.3 is 5.73 Å². The first-order chi connectivity index (χ1) is 10.1. The fraction of sp³-hybridized carbons (Fsp3) is 0.231. The monoisotopic (exact) mass is 302 g/mol. The van der Waals surface area contributed by atoms with Crippen LogP contribution in [0.5, 0.6) is 0 Å². The third-order valence-electron chi connectivity index (χ3n) is 3.20. The van der Waals surface area contributed by atoms with Crippen molar-refractivity contribution < 1.29 is 4.79 Å². The van der Waals surface area contributed by atoms with Gasteiger partial charge in [-0.3, -0.25) is 9.36 Å². The van der Waals surface area contributed by atoms with Gasteiger partial charge in [0.1, 0.15) is 11.3 Å². The minimum atomic E-state index is -0.372. The molecule has 0 bridgehead atoms. The molecule has 3 N–H and O–H groups in total. The summed E-state index contributed by atoms with van der Waals surface area (Å²) in [7, 11) is 0. The van der Waals surface area contributed by atoms with E-state index in [0.29, 0.717) is 5.95 Å². The predicted octanol–water partition coefficient (Wildman–Crippen LogP) is 1.36. The van der Waals surface area contributed by atoms with Crippen molar-refractivity contribution in [2.75, 3.05) is 0 Å². The number of primary amides is 1. The van der Waals surface area contributed by atoms with E-state index in [4.69, 9.17) is 5.73 Å². The van der Waals surface area contributed by atoms with Gasteiger partial charge in [0.05, 0.1) is 12.1 Å². The molecular weight excluding hydrogens is 288 g/mol. The van der Waals surface area contributed by atoms with Gasteiger partial charge in [-0.2, -0.15) is 10.1 Å². The van der Waals surface area contributed by atoms with Gasteiger partial charge in [0.2, 0.25) is 11.9 Å². The summed E-state index contributed by atoms with van der Waals surface area (Å²) in [5.74, 6) is 0.298. The van der Waals surface area contributed by atoms with E-state index < -0.39 is 0 Å². The van der Waals surface area contributed by atoms with Crippen molar-refractivity contribution in [3.63, 3.8) is 0 Å². The number of carbonyl (C=O) groups is 1. The first-order valence-electron chi connectivity index (χ1n) is 6.34. The van der Waals surface area contributed by atoms with Gasteiger partial charge in [-0.25, -0.2) is 10.1 Å². The van der Waals surface area contributed by atoms with Gasteiger partial charge in [-0.15, -0.1) is 11.3 Å². The predicted molar refractivity (Wildman–Crippen MR) is 79.2 cm³/mol. The van der Waals surface area contributed by atoms with Gasteiger partial charge >= 0.3 is 0 Å². The number of nitrogens with zero attached hydrogens (tertiary/aromatic N) is 4. The highest BCUT2D eigenvalue weighted by atomic mass is 32.1. The Hall–Kier alpha value is -2.48. The standard InChI is InChI=1S/C13H14N6OS/c1-7-3-9(8(2)19(7)13-15-6-16-18-13)10-5-21-12(17-10)4-11(14)20/h3,5-6H,4H2,1-2H3,(H2,14,20)(H,15,16,18). The molecule has 8 heteroatoms. The largest absolute Gasteiger partial charge is 0.369 e. The Kier molecular flexibility index (Phi) is 3.30. The number of aromatic amines is 1. The zero-order valence-electron chi connectivity index (χ0n) is 11.6. The lowest BCUT2D eigenvalue weighted by Crippen LogP contribution is -2.13. The van der Waals surface area contributed by atoms with Gasteiger partial charge in [0, 0.05) is 22.3 Å². The Morgan fingerprint density at radius 1 is 1.48 bits per heavy atom. The first kappa shape index (κ1) is 13.5. The van der Waals surface area contributed by atoms with E-state index in [9.17, 15) is 4.79 Å². The lowest BCUT2D eigenvalue weighted by molar-refractivity contribution is -0.117. The number of nitrogens with one attached hydrogen (secondary N) is 1. The third-order valence-corrected chi connectivity index (χ3v) is 4.05. The lowest BCUT2D eigenvalue weighted by atomic mass is 10.2. The van der Waals surface area contributed by atoms with Crippen molar-refractivity contribution in [3.05, 3.63) is 34.2 Å². The summed E-state index contributed by atoms with van der Waals surface area (Å²) in [4.78, 5) is 19.6. The average molecular weight is 302 g/mol. The second kappa shape index (κ2) is 5.13. The van der Waals surface area contributed by atoms with Crippen LogP contribution in [0.2, 0.25) is 0 Å². The number of thiazole rings is 1. The second-order valence-corrected chi connectivity index (χ2v) is 5.64. The molecule has 0 atom stereocenters. The molecule has 0 saturated carbocycles. The normalized spacial score (nSPS) is 11.0. The summed E-state index contributed by atoms with van der Waals surface area (Å²) in [6.07, 6.45) is 1.65. The molecule has 0 spiro atoms. The van der Waals surface area contributed by atoms with Gasteiger partial charge in [0.25, 0.3) is 0 Å². The summed E-state index contributed by atoms with van der Waals surface area (Å²) in [6, 6.07) is 2.04. The Balaban J connectivity index is 2.02. The molecule has 0 unspecified atom stereocenters. The Morgan fingerprint density at radius 3 is 2.95 bits per heavy atom. The fourth-order valence-electron chi connectivity index (χ4n) is 2.32. The third kappa shape index (κ3) is 2.45. The van der Waals surface area contributed by atoms with Crippen LogP contribution in [0.3, 0.4) is 0 Å². The highest BCUT2D eigenvalue weighted by molar-refractivity contribution is 7.10. The molecule has 0 aliphatic heterocycles. The van der Waals surface area contributed by atoms with Gasteiger partial charge in [-0.05, 0) is 19.9 Å². The van der Waals surface area contributed by atoms with Crippen molar-refractivity contribution in [2.24, 2.45) is 5.73 Å². The van der Waals surface area contributed by atoms with E-state index in [1.165, 1.54) is 17.7 Å². The first-order valence-corrected chi connectivity index (χ1v) is 7.22. The number of H-pyrrole nitrogens is 1. The molecule has 1 amide bonds. The molecule has 3 rings (SSSR count). The summed E-state index contributed by atoms with van der Waals surface area (Å²) in [5.41, 5.74) is 9.10. The Labute approximate surface area is 124 Å². The maximum Gasteiger partial charge on any atom is 0.229 e. The number of aromatic nitrogens is 5. The summed E-state index contributed by atoms with van der Waals surface area (Å²) in [5, 5.41) is 9.39. The molecule has 7 nitrogen and oxygen atoms in total. The van der Waals surface area contributed by atoms with Crippen LogP contribution in [-0.2, 0) is 11.2 Å². The topological polar surface area (TPSA) is 102 Å². The summed E-state index contributed by atoms with van der Waals surface area (Å²) in [6.45, 7) is 3.99. The van der Waals surface area contributed by atoms with Crippen LogP contribution in [-0.4, -0.2) is 30.6 Å². The molecule has 0 saturated heterocycles. The SMILES string of the molecule is Cc1cc(-c2csc(CC(N)=O)n2)c(C)n1-c1ncn[nH]1. The second-order valence-electron chi connectivity index (χ2n) is 4.70. The molecule has 108 valence electrons. The quantitative estimate of drug-likeness (QED) is 0.759. The van der Waals surface area contributed by atoms with Crippen molar-refractivity contribution in [3.8, 4) is 17.2 Å². The molecule has 3 heterocycles. The summed E-state index contributed by atoms with van der Waals surface area (Å²) < 4.78 is 1.98. The Bertz CT molecular complexity index is 786. The molecule has 0 aromatic carbocycles. The number of rotatable bonds is 4. The number of aryl methyl sites for hydroxylation is 1. The molecular formula is C13H14N6OS. The zero-order valence-corrected chi connectivity index (χ0v) is 12.4. The van der Waals surface area contributed by atoms with E-state index in [0.717, 1.165) is 27.7 Å². The van der Waals surface area contributed by atoms with Gasteiger partial charge in [0.15, 0.2) is 0 Å². The Morgan fingerprint density at radius 2 is 2.29 bits per heavy atom. The zero-order chi connectivity index (χ0) is 15.0. The van der Waals surface area contributed by atoms with E-state index in [1.54, 1.807) is 0 Å². The van der Waals surface area contributed by atoms with E-state index >= 15 is 0 Å². The van der Waals surface area contributed by atoms with Crippen LogP contribution in [0.4, 0.5) is 0 Å². The van der Waals surface area contributed by atoms with Crippen molar-refractivity contribution >= 4 is 17.2 Å². The molecule has 0 fully saturated rings. The van der Waals surface area contributed by atoms with E-state index in [-0.39, 0.29) is 12.3 Å². The smallest absolute Gasteiger partial charge is 0.229 e. The molecule has 3 aromatic rings. The molecule has 3 aromatic heterocycles. The van der Waals surface area contributed by atoms with E-state index in [2.05, 4.69) is 20.2 Å². The van der Waals surface area contributed by atoms with Crippen molar-refractivity contribution in [1.29, 1.82) is 0 Å². The molecule has 0 aliphatic rings. The molecule has 21 heavy (non-hydrogen) atoms. The average Bonchev–Trinajstić information content (AvgIpc) is 3.10. The van der Waals surface area contributed by atoms with Crippen LogP contribution in [0, 0.1) is 13.8 Å². The van der Waals surface area contributed by atoms with Crippen molar-refractivity contribution in [1.82, 2.24) is 24.7 Å². The highest BCUT2D eigenvalue weighted by Crippen LogP contribution is 2.29. The maximum atomic E-state index is 11.0. The number of hydrogen-bond donors (Lipinski definition) is 2. The van der Waals surface area contributed by atoms with Crippen LogP contribution >= 0.6 is 11.3 Å². The fourth-order valence-corrected chi connectivity index (χ4v) is 3.12. The summed E-state index contributed by atoms with van der Waals surface area (Å²) >= 11 is 1.44. The number of hydrogen-bond acceptors (Lipinski definition) is 5. The highest BCUT2D eigenvalue weighted by Gasteiger charge is 2.16.